The van der Waals surface area contributed by atoms with Crippen LogP contribution in [0.1, 0.15) is 32.8 Å². The van der Waals surface area contributed by atoms with Gasteiger partial charge in [0.15, 0.2) is 11.5 Å². The Bertz CT molecular complexity index is 523. The van der Waals surface area contributed by atoms with Gasteiger partial charge < -0.3 is 14.9 Å². The fourth-order valence-corrected chi connectivity index (χ4v) is 1.47. The van der Waals surface area contributed by atoms with Crippen molar-refractivity contribution >= 4 is 12.0 Å². The molecule has 4 N–H and O–H groups in total. The van der Waals surface area contributed by atoms with Gasteiger partial charge in [-0.15, -0.1) is 0 Å². The summed E-state index contributed by atoms with van der Waals surface area (Å²) in [5.41, 5.74) is 4.42. The van der Waals surface area contributed by atoms with Crippen LogP contribution in [-0.2, 0) is 16.0 Å². The number of hydrazine groups is 1. The van der Waals surface area contributed by atoms with Crippen LogP contribution in [0.3, 0.4) is 0 Å². The number of hydrogen-bond acceptors (Lipinski definition) is 5. The summed E-state index contributed by atoms with van der Waals surface area (Å²) < 4.78 is 4.95. The van der Waals surface area contributed by atoms with Crippen LogP contribution in [0, 0.1) is 0 Å². The lowest BCUT2D eigenvalue weighted by molar-refractivity contribution is -0.122. The van der Waals surface area contributed by atoms with Crippen LogP contribution in [0.15, 0.2) is 18.2 Å². The van der Waals surface area contributed by atoms with Gasteiger partial charge in [-0.2, -0.15) is 0 Å². The molecular formula is C14H20N2O5. The van der Waals surface area contributed by atoms with Crippen LogP contribution in [-0.4, -0.2) is 27.8 Å². The molecule has 0 saturated carbocycles. The van der Waals surface area contributed by atoms with Gasteiger partial charge in [0.25, 0.3) is 0 Å². The molecule has 7 nitrogen and oxygen atoms in total. The highest BCUT2D eigenvalue weighted by Gasteiger charge is 2.16. The highest BCUT2D eigenvalue weighted by molar-refractivity contribution is 5.79. The molecule has 0 aromatic heterocycles. The third kappa shape index (κ3) is 6.51. The van der Waals surface area contributed by atoms with Gasteiger partial charge >= 0.3 is 6.09 Å². The summed E-state index contributed by atoms with van der Waals surface area (Å²) in [5, 5.41) is 18.5. The standard InChI is InChI=1S/C14H20N2O5/c1-14(2,3)21-13(20)16-15-12(19)7-5-9-4-6-10(17)11(18)8-9/h4,6,8,17-18H,5,7H2,1-3H3,(H,15,19)(H,16,20). The zero-order valence-corrected chi connectivity index (χ0v) is 12.3. The molecule has 0 radical (unpaired) electrons. The minimum atomic E-state index is -0.738. The molecule has 1 aromatic carbocycles. The average Bonchev–Trinajstić information content (AvgIpc) is 2.36. The Hall–Kier alpha value is -2.44. The van der Waals surface area contributed by atoms with E-state index in [9.17, 15) is 14.7 Å². The normalized spacial score (nSPS) is 10.8. The van der Waals surface area contributed by atoms with E-state index in [4.69, 9.17) is 9.84 Å². The van der Waals surface area contributed by atoms with Gasteiger partial charge in [-0.3, -0.25) is 10.2 Å². The van der Waals surface area contributed by atoms with E-state index in [1.165, 1.54) is 12.1 Å². The summed E-state index contributed by atoms with van der Waals surface area (Å²) in [7, 11) is 0. The maximum atomic E-state index is 11.5. The molecule has 0 spiro atoms. The van der Waals surface area contributed by atoms with E-state index in [0.29, 0.717) is 12.0 Å². The van der Waals surface area contributed by atoms with Crippen molar-refractivity contribution < 1.29 is 24.5 Å². The molecule has 7 heteroatoms. The van der Waals surface area contributed by atoms with Crippen LogP contribution in [0.25, 0.3) is 0 Å². The minimum Gasteiger partial charge on any atom is -0.504 e. The van der Waals surface area contributed by atoms with Crippen LogP contribution < -0.4 is 10.9 Å². The van der Waals surface area contributed by atoms with E-state index >= 15 is 0 Å². The number of phenols is 2. The molecule has 0 fully saturated rings. The number of carbonyl (C=O) groups is 2. The van der Waals surface area contributed by atoms with Crippen molar-refractivity contribution in [2.45, 2.75) is 39.2 Å². The Balaban J connectivity index is 2.34. The monoisotopic (exact) mass is 296 g/mol. The van der Waals surface area contributed by atoms with Crippen molar-refractivity contribution in [1.29, 1.82) is 0 Å². The van der Waals surface area contributed by atoms with Gasteiger partial charge in [0.1, 0.15) is 5.60 Å². The van der Waals surface area contributed by atoms with Crippen LogP contribution in [0.4, 0.5) is 4.79 Å². The van der Waals surface area contributed by atoms with E-state index in [1.54, 1.807) is 26.8 Å². The molecule has 1 rings (SSSR count). The maximum Gasteiger partial charge on any atom is 0.426 e. The second kappa shape index (κ2) is 6.83. The number of rotatable bonds is 3. The third-order valence-corrected chi connectivity index (χ3v) is 2.38. The van der Waals surface area contributed by atoms with Crippen LogP contribution >= 0.6 is 0 Å². The Morgan fingerprint density at radius 3 is 2.38 bits per heavy atom. The van der Waals surface area contributed by atoms with E-state index in [2.05, 4.69) is 10.9 Å². The smallest absolute Gasteiger partial charge is 0.426 e. The number of ether oxygens (including phenoxy) is 1. The maximum absolute atomic E-state index is 11.5. The van der Waals surface area contributed by atoms with Gasteiger partial charge in [0, 0.05) is 6.42 Å². The van der Waals surface area contributed by atoms with Crippen molar-refractivity contribution in [3.8, 4) is 11.5 Å². The molecule has 1 aromatic rings. The zero-order chi connectivity index (χ0) is 16.0. The van der Waals surface area contributed by atoms with Crippen molar-refractivity contribution in [3.63, 3.8) is 0 Å². The molecule has 0 saturated heterocycles. The fraction of sp³-hybridized carbons (Fsp3) is 0.429. The number of benzene rings is 1. The van der Waals surface area contributed by atoms with Crippen LogP contribution in [0.2, 0.25) is 0 Å². The quantitative estimate of drug-likeness (QED) is 0.500. The van der Waals surface area contributed by atoms with Gasteiger partial charge in [-0.05, 0) is 44.9 Å². The molecule has 21 heavy (non-hydrogen) atoms. The predicted molar refractivity (Wildman–Crippen MR) is 75.6 cm³/mol. The Morgan fingerprint density at radius 1 is 1.14 bits per heavy atom. The number of hydrogen-bond donors (Lipinski definition) is 4. The second-order valence-electron chi connectivity index (χ2n) is 5.50. The largest absolute Gasteiger partial charge is 0.504 e. The summed E-state index contributed by atoms with van der Waals surface area (Å²) in [4.78, 5) is 22.9. The van der Waals surface area contributed by atoms with E-state index in [1.807, 2.05) is 0 Å². The molecule has 0 aliphatic carbocycles. The molecule has 116 valence electrons. The lowest BCUT2D eigenvalue weighted by Crippen LogP contribution is -2.44. The SMILES string of the molecule is CC(C)(C)OC(=O)NNC(=O)CCc1ccc(O)c(O)c1. The second-order valence-corrected chi connectivity index (χ2v) is 5.50. The highest BCUT2D eigenvalue weighted by Crippen LogP contribution is 2.25. The predicted octanol–water partition coefficient (Wildman–Crippen LogP) is 1.59. The van der Waals surface area contributed by atoms with Crippen molar-refractivity contribution in [3.05, 3.63) is 23.8 Å². The van der Waals surface area contributed by atoms with E-state index < -0.39 is 17.6 Å². The summed E-state index contributed by atoms with van der Waals surface area (Å²) in [6.45, 7) is 5.14. The minimum absolute atomic E-state index is 0.111. The van der Waals surface area contributed by atoms with Gasteiger partial charge in [-0.25, -0.2) is 10.2 Å². The van der Waals surface area contributed by atoms with Crippen LogP contribution in [0.5, 0.6) is 11.5 Å². The molecule has 0 atom stereocenters. The van der Waals surface area contributed by atoms with E-state index in [-0.39, 0.29) is 17.9 Å². The number of aromatic hydroxyl groups is 2. The highest BCUT2D eigenvalue weighted by atomic mass is 16.6. The first-order valence-corrected chi connectivity index (χ1v) is 6.46. The Labute approximate surface area is 122 Å². The Kier molecular flexibility index (Phi) is 5.40. The molecule has 0 bridgehead atoms. The molecule has 0 aliphatic heterocycles. The third-order valence-electron chi connectivity index (χ3n) is 2.38. The Morgan fingerprint density at radius 2 is 1.81 bits per heavy atom. The topological polar surface area (TPSA) is 108 Å². The summed E-state index contributed by atoms with van der Waals surface area (Å²) in [5.74, 6) is -0.844. The first-order chi connectivity index (χ1) is 9.67. The number of aryl methyl sites for hydroxylation is 1. The lowest BCUT2D eigenvalue weighted by atomic mass is 10.1. The average molecular weight is 296 g/mol. The van der Waals surface area contributed by atoms with Gasteiger partial charge in [0.2, 0.25) is 5.91 Å². The van der Waals surface area contributed by atoms with Crippen molar-refractivity contribution in [2.75, 3.05) is 0 Å². The zero-order valence-electron chi connectivity index (χ0n) is 12.3. The molecule has 0 unspecified atom stereocenters. The van der Waals surface area contributed by atoms with Crippen molar-refractivity contribution in [1.82, 2.24) is 10.9 Å². The number of amides is 2. The summed E-state index contributed by atoms with van der Waals surface area (Å²) >= 11 is 0. The first-order valence-electron chi connectivity index (χ1n) is 6.46. The molecule has 0 aliphatic rings. The first kappa shape index (κ1) is 16.6. The number of carbonyl (C=O) groups excluding carboxylic acids is 2. The number of phenolic OH excluding ortho intramolecular Hbond substituents is 2. The lowest BCUT2D eigenvalue weighted by Gasteiger charge is -2.19. The summed E-state index contributed by atoms with van der Waals surface area (Å²) in [6, 6.07) is 4.33. The fourth-order valence-electron chi connectivity index (χ4n) is 1.47. The molecule has 0 heterocycles. The molecular weight excluding hydrogens is 276 g/mol. The number of nitrogens with one attached hydrogen (secondary N) is 2. The van der Waals surface area contributed by atoms with Gasteiger partial charge in [0.05, 0.1) is 0 Å². The van der Waals surface area contributed by atoms with E-state index in [0.717, 1.165) is 0 Å². The van der Waals surface area contributed by atoms with Crippen molar-refractivity contribution in [2.24, 2.45) is 0 Å². The molecule has 2 amide bonds. The summed E-state index contributed by atoms with van der Waals surface area (Å²) in [6.07, 6.45) is -0.270. The van der Waals surface area contributed by atoms with Gasteiger partial charge in [-0.1, -0.05) is 6.07 Å².